The molecule has 0 heteroatoms. The molecule has 1 unspecified atom stereocenters. The van der Waals surface area contributed by atoms with Gasteiger partial charge in [0.25, 0.3) is 0 Å². The van der Waals surface area contributed by atoms with Gasteiger partial charge in [-0.25, -0.2) is 0 Å². The first-order valence-electron chi connectivity index (χ1n) is 4.33. The second-order valence-electron chi connectivity index (χ2n) is 2.38. The summed E-state index contributed by atoms with van der Waals surface area (Å²) in [5.74, 6) is 0. The van der Waals surface area contributed by atoms with Crippen molar-refractivity contribution < 1.29 is 1.37 Å². The van der Waals surface area contributed by atoms with E-state index in [1.807, 2.05) is 19.1 Å². The van der Waals surface area contributed by atoms with Crippen molar-refractivity contribution in [1.29, 1.82) is 0 Å². The molecule has 0 saturated heterocycles. The molecule has 1 aromatic rings. The Kier molecular flexibility index (Phi) is 2.03. The lowest BCUT2D eigenvalue weighted by atomic mass is 10.1. The largest absolute Gasteiger partial charge is 0.0613 e. The van der Waals surface area contributed by atoms with Gasteiger partial charge in [-0.2, -0.15) is 0 Å². The fraction of sp³-hybridized carbons (Fsp3) is 0.400. The van der Waals surface area contributed by atoms with Crippen LogP contribution in [0.2, 0.25) is 0 Å². The van der Waals surface area contributed by atoms with Crippen LogP contribution in [0.15, 0.2) is 24.3 Å². The normalized spacial score (nSPS) is 14.4. The molecule has 1 rings (SSSR count). The van der Waals surface area contributed by atoms with Crippen LogP contribution in [0.3, 0.4) is 0 Å². The highest BCUT2D eigenvalue weighted by atomic mass is 13.9. The van der Waals surface area contributed by atoms with Crippen molar-refractivity contribution in [2.75, 3.05) is 0 Å². The number of hydrogen-bond donors (Lipinski definition) is 0. The molecule has 0 bridgehead atoms. The summed E-state index contributed by atoms with van der Waals surface area (Å²) in [6.07, 6.45) is 0.980. The number of benzene rings is 1. The molecule has 0 saturated carbocycles. The van der Waals surface area contributed by atoms with Gasteiger partial charge in [0.05, 0.1) is 0 Å². The van der Waals surface area contributed by atoms with Crippen LogP contribution in [0.5, 0.6) is 0 Å². The summed E-state index contributed by atoms with van der Waals surface area (Å²) in [4.78, 5) is 0. The molecule has 10 heavy (non-hydrogen) atoms. The maximum atomic E-state index is 7.45. The van der Waals surface area contributed by atoms with Crippen molar-refractivity contribution >= 4 is 0 Å². The Hall–Kier alpha value is -0.780. The highest BCUT2D eigenvalue weighted by molar-refractivity contribution is 5.22. The maximum absolute atomic E-state index is 7.45. The van der Waals surface area contributed by atoms with E-state index in [2.05, 4.69) is 19.1 Å². The van der Waals surface area contributed by atoms with Gasteiger partial charge in [-0.3, -0.25) is 0 Å². The van der Waals surface area contributed by atoms with Crippen molar-refractivity contribution in [3.63, 3.8) is 0 Å². The van der Waals surface area contributed by atoms with E-state index in [0.29, 0.717) is 0 Å². The zero-order valence-corrected chi connectivity index (χ0v) is 6.59. The molecule has 0 spiro atoms. The van der Waals surface area contributed by atoms with E-state index >= 15 is 0 Å². The Balaban J connectivity index is 2.83. The van der Waals surface area contributed by atoms with Crippen molar-refractivity contribution in [3.05, 3.63) is 35.4 Å². The van der Waals surface area contributed by atoms with Crippen LogP contribution in [-0.2, 0) is 12.8 Å². The summed E-state index contributed by atoms with van der Waals surface area (Å²) in [7, 11) is 0. The van der Waals surface area contributed by atoms with Gasteiger partial charge < -0.3 is 0 Å². The zero-order valence-electron chi connectivity index (χ0n) is 7.59. The predicted molar refractivity (Wildman–Crippen MR) is 45.2 cm³/mol. The Morgan fingerprint density at radius 1 is 1.10 bits per heavy atom. The summed E-state index contributed by atoms with van der Waals surface area (Å²) in [6, 6.07) is 8.27. The summed E-state index contributed by atoms with van der Waals surface area (Å²) >= 11 is 0. The molecule has 0 aliphatic carbocycles. The van der Waals surface area contributed by atoms with E-state index in [0.717, 1.165) is 12.0 Å². The monoisotopic (exact) mass is 135 g/mol. The summed E-state index contributed by atoms with van der Waals surface area (Å²) in [5, 5.41) is 0. The van der Waals surface area contributed by atoms with Gasteiger partial charge in [0.2, 0.25) is 0 Å². The molecule has 1 aromatic carbocycles. The van der Waals surface area contributed by atoms with E-state index in [1.165, 1.54) is 5.56 Å². The highest BCUT2D eigenvalue weighted by Crippen LogP contribution is 2.04. The first-order valence-corrected chi connectivity index (χ1v) is 3.75. The molecular formula is C10H14. The highest BCUT2D eigenvalue weighted by Gasteiger charge is 1.88. The molecule has 0 aliphatic heterocycles. The van der Waals surface area contributed by atoms with Crippen LogP contribution in [0, 0.1) is 0 Å². The lowest BCUT2D eigenvalue weighted by Crippen LogP contribution is -1.81. The van der Waals surface area contributed by atoms with E-state index in [4.69, 9.17) is 1.37 Å². The topological polar surface area (TPSA) is 0 Å². The minimum Gasteiger partial charge on any atom is -0.0613 e. The first-order chi connectivity index (χ1) is 5.24. The van der Waals surface area contributed by atoms with Crippen LogP contribution in [0.25, 0.3) is 0 Å². The van der Waals surface area contributed by atoms with Gasteiger partial charge in [0.1, 0.15) is 0 Å². The van der Waals surface area contributed by atoms with Gasteiger partial charge in [0, 0.05) is 1.37 Å². The fourth-order valence-corrected chi connectivity index (χ4v) is 0.946. The van der Waals surface area contributed by atoms with Gasteiger partial charge in [0.15, 0.2) is 0 Å². The minimum absolute atomic E-state index is 0.0964. The van der Waals surface area contributed by atoms with Gasteiger partial charge in [-0.15, -0.1) is 0 Å². The van der Waals surface area contributed by atoms with Crippen LogP contribution in [-0.4, -0.2) is 0 Å². The molecule has 0 aliphatic rings. The van der Waals surface area contributed by atoms with Gasteiger partial charge in [-0.05, 0) is 23.9 Å². The molecule has 0 nitrogen and oxygen atoms in total. The van der Waals surface area contributed by atoms with Crippen molar-refractivity contribution in [2.45, 2.75) is 26.7 Å². The number of aryl methyl sites for hydroxylation is 2. The molecular weight excluding hydrogens is 120 g/mol. The van der Waals surface area contributed by atoms with Crippen LogP contribution < -0.4 is 0 Å². The van der Waals surface area contributed by atoms with Crippen molar-refractivity contribution in [1.82, 2.24) is 0 Å². The first kappa shape index (κ1) is 5.96. The lowest BCUT2D eigenvalue weighted by molar-refractivity contribution is 1.10. The average Bonchev–Trinajstić information content (AvgIpc) is 2.05. The molecule has 54 valence electrons. The van der Waals surface area contributed by atoms with Gasteiger partial charge in [-0.1, -0.05) is 38.1 Å². The van der Waals surface area contributed by atoms with Crippen LogP contribution >= 0.6 is 0 Å². The predicted octanol–water partition coefficient (Wildman–Crippen LogP) is 2.81. The Morgan fingerprint density at radius 2 is 1.60 bits per heavy atom. The molecule has 1 atom stereocenters. The number of rotatable bonds is 2. The second kappa shape index (κ2) is 3.40. The van der Waals surface area contributed by atoms with Crippen LogP contribution in [0.1, 0.15) is 26.3 Å². The molecule has 0 heterocycles. The van der Waals surface area contributed by atoms with Gasteiger partial charge >= 0.3 is 0 Å². The summed E-state index contributed by atoms with van der Waals surface area (Å²) < 4.78 is 7.45. The average molecular weight is 135 g/mol. The Morgan fingerprint density at radius 3 is 2.00 bits per heavy atom. The fourth-order valence-electron chi connectivity index (χ4n) is 0.946. The third-order valence-electron chi connectivity index (χ3n) is 1.72. The molecule has 0 N–H and O–H groups in total. The summed E-state index contributed by atoms with van der Waals surface area (Å²) in [5.41, 5.74) is 2.44. The molecule has 0 aromatic heterocycles. The number of hydrogen-bond acceptors (Lipinski definition) is 0. The van der Waals surface area contributed by atoms with Crippen molar-refractivity contribution in [3.8, 4) is 0 Å². The maximum Gasteiger partial charge on any atom is 0.0313 e. The quantitative estimate of drug-likeness (QED) is 0.585. The zero-order chi connectivity index (χ0) is 8.27. The Bertz CT molecular complexity index is 211. The summed E-state index contributed by atoms with van der Waals surface area (Å²) in [6.45, 7) is 4.03. The second-order valence-corrected chi connectivity index (χ2v) is 2.38. The van der Waals surface area contributed by atoms with Crippen LogP contribution in [0.4, 0.5) is 0 Å². The lowest BCUT2D eigenvalue weighted by Gasteiger charge is -1.97. The molecule has 0 fully saturated rings. The van der Waals surface area contributed by atoms with E-state index in [-0.39, 0.29) is 6.40 Å². The smallest absolute Gasteiger partial charge is 0.0313 e. The van der Waals surface area contributed by atoms with E-state index < -0.39 is 0 Å². The van der Waals surface area contributed by atoms with E-state index in [9.17, 15) is 0 Å². The molecule has 0 amide bonds. The SMILES string of the molecule is [2H]C(C)c1ccc(CC)cc1. The molecule has 0 radical (unpaired) electrons. The third kappa shape index (κ3) is 1.60. The van der Waals surface area contributed by atoms with E-state index in [1.54, 1.807) is 0 Å². The standard InChI is InChI=1S/C10H14/c1-3-9-5-7-10(4-2)8-6-9/h5-8H,3-4H2,1-2H3/i3D. The minimum atomic E-state index is -0.0964. The Labute approximate surface area is 64.3 Å². The third-order valence-corrected chi connectivity index (χ3v) is 1.72. The van der Waals surface area contributed by atoms with Crippen molar-refractivity contribution in [2.24, 2.45) is 0 Å².